The highest BCUT2D eigenvalue weighted by atomic mass is 16.6. The van der Waals surface area contributed by atoms with E-state index in [0.717, 1.165) is 5.56 Å². The Morgan fingerprint density at radius 1 is 1.30 bits per heavy atom. The number of hydrogen-bond donors (Lipinski definition) is 1. The first-order valence-corrected chi connectivity index (χ1v) is 6.46. The summed E-state index contributed by atoms with van der Waals surface area (Å²) >= 11 is 0. The molecule has 1 N–H and O–H groups in total. The lowest BCUT2D eigenvalue weighted by Crippen LogP contribution is -2.56. The van der Waals surface area contributed by atoms with Crippen LogP contribution in [-0.4, -0.2) is 59.7 Å². The van der Waals surface area contributed by atoms with E-state index in [1.165, 1.54) is 4.90 Å². The maximum atomic E-state index is 11.9. The number of aliphatic carboxylic acids is 1. The van der Waals surface area contributed by atoms with Gasteiger partial charge in [0.2, 0.25) is 0 Å². The Hall–Kier alpha value is -2.08. The van der Waals surface area contributed by atoms with Gasteiger partial charge in [0.15, 0.2) is 0 Å². The summed E-state index contributed by atoms with van der Waals surface area (Å²) in [6.45, 7) is 1.36. The highest BCUT2D eigenvalue weighted by molar-refractivity contribution is 5.76. The number of carboxylic acid groups (broad SMARTS) is 1. The molecule has 0 spiro atoms. The molecule has 6 heteroatoms. The van der Waals surface area contributed by atoms with Gasteiger partial charge in [-0.15, -0.1) is 0 Å². The van der Waals surface area contributed by atoms with E-state index in [2.05, 4.69) is 0 Å². The van der Waals surface area contributed by atoms with Gasteiger partial charge < -0.3 is 14.7 Å². The molecular formula is C14H18N2O4. The van der Waals surface area contributed by atoms with Crippen LogP contribution >= 0.6 is 0 Å². The molecule has 0 aromatic heterocycles. The molecule has 0 aliphatic carbocycles. The monoisotopic (exact) mass is 278 g/mol. The first kappa shape index (κ1) is 14.3. The standard InChI is InChI=1S/C14H18N2O4/c1-15-7-8-16(9-12(15)13(17)18)14(19)20-10-11-5-3-2-4-6-11/h2-6,12H,7-10H2,1H3,(H,17,18)/t12-/m0/s1. The van der Waals surface area contributed by atoms with Crippen molar-refractivity contribution in [2.45, 2.75) is 12.6 Å². The summed E-state index contributed by atoms with van der Waals surface area (Å²) in [6, 6.07) is 8.71. The minimum atomic E-state index is -0.923. The molecule has 1 saturated heterocycles. The summed E-state index contributed by atoms with van der Waals surface area (Å²) in [7, 11) is 1.74. The SMILES string of the molecule is CN1CCN(C(=O)OCc2ccccc2)C[C@H]1C(=O)O. The first-order valence-electron chi connectivity index (χ1n) is 6.46. The Morgan fingerprint density at radius 2 is 2.00 bits per heavy atom. The molecular weight excluding hydrogens is 260 g/mol. The van der Waals surface area contributed by atoms with Crippen molar-refractivity contribution in [2.75, 3.05) is 26.7 Å². The number of amides is 1. The number of rotatable bonds is 3. The minimum absolute atomic E-state index is 0.152. The van der Waals surface area contributed by atoms with Gasteiger partial charge in [0.05, 0.1) is 6.54 Å². The highest BCUT2D eigenvalue weighted by Crippen LogP contribution is 2.10. The maximum Gasteiger partial charge on any atom is 0.410 e. The second-order valence-corrected chi connectivity index (χ2v) is 4.82. The summed E-state index contributed by atoms with van der Waals surface area (Å²) in [6.07, 6.45) is -0.465. The number of carboxylic acids is 1. The summed E-state index contributed by atoms with van der Waals surface area (Å²) < 4.78 is 5.21. The van der Waals surface area contributed by atoms with Gasteiger partial charge in [0.25, 0.3) is 0 Å². The summed E-state index contributed by atoms with van der Waals surface area (Å²) in [5.74, 6) is -0.923. The number of nitrogens with zero attached hydrogens (tertiary/aromatic N) is 2. The zero-order chi connectivity index (χ0) is 14.5. The molecule has 0 saturated carbocycles. The third-order valence-electron chi connectivity index (χ3n) is 3.40. The molecule has 0 unspecified atom stereocenters. The van der Waals surface area contributed by atoms with Gasteiger partial charge in [-0.05, 0) is 12.6 Å². The van der Waals surface area contributed by atoms with Crippen LogP contribution < -0.4 is 0 Å². The van der Waals surface area contributed by atoms with Crippen LogP contribution in [0.3, 0.4) is 0 Å². The molecule has 108 valence electrons. The molecule has 1 fully saturated rings. The third-order valence-corrected chi connectivity index (χ3v) is 3.40. The van der Waals surface area contributed by atoms with Gasteiger partial charge in [0, 0.05) is 13.1 Å². The van der Waals surface area contributed by atoms with Crippen LogP contribution in [-0.2, 0) is 16.1 Å². The van der Waals surface area contributed by atoms with E-state index in [1.807, 2.05) is 30.3 Å². The average molecular weight is 278 g/mol. The predicted molar refractivity (Wildman–Crippen MR) is 72.3 cm³/mol. The topological polar surface area (TPSA) is 70.1 Å². The van der Waals surface area contributed by atoms with Crippen molar-refractivity contribution >= 4 is 12.1 Å². The zero-order valence-electron chi connectivity index (χ0n) is 11.4. The van der Waals surface area contributed by atoms with Crippen molar-refractivity contribution in [1.29, 1.82) is 0 Å². The smallest absolute Gasteiger partial charge is 0.410 e. The highest BCUT2D eigenvalue weighted by Gasteiger charge is 2.32. The van der Waals surface area contributed by atoms with E-state index in [9.17, 15) is 9.59 Å². The number of carbonyl (C=O) groups excluding carboxylic acids is 1. The number of benzene rings is 1. The molecule has 1 atom stereocenters. The molecule has 0 bridgehead atoms. The van der Waals surface area contributed by atoms with Gasteiger partial charge in [-0.3, -0.25) is 9.69 Å². The molecule has 0 radical (unpaired) electrons. The number of ether oxygens (including phenoxy) is 1. The molecule has 1 aliphatic rings. The van der Waals surface area contributed by atoms with Crippen molar-refractivity contribution in [3.63, 3.8) is 0 Å². The van der Waals surface area contributed by atoms with Crippen LogP contribution in [0.5, 0.6) is 0 Å². The van der Waals surface area contributed by atoms with E-state index < -0.39 is 18.1 Å². The van der Waals surface area contributed by atoms with Crippen LogP contribution in [0.1, 0.15) is 5.56 Å². The Labute approximate surface area is 117 Å². The van der Waals surface area contributed by atoms with Crippen molar-refractivity contribution in [2.24, 2.45) is 0 Å². The molecule has 6 nitrogen and oxygen atoms in total. The lowest BCUT2D eigenvalue weighted by Gasteiger charge is -2.36. The predicted octanol–water partition coefficient (Wildman–Crippen LogP) is 1.02. The van der Waals surface area contributed by atoms with Gasteiger partial charge in [0.1, 0.15) is 12.6 Å². The fraction of sp³-hybridized carbons (Fsp3) is 0.429. The number of likely N-dealkylation sites (N-methyl/N-ethyl adjacent to an activating group) is 1. The molecule has 20 heavy (non-hydrogen) atoms. The fourth-order valence-corrected chi connectivity index (χ4v) is 2.12. The minimum Gasteiger partial charge on any atom is -0.480 e. The van der Waals surface area contributed by atoms with Gasteiger partial charge >= 0.3 is 12.1 Å². The molecule has 1 amide bonds. The Kier molecular flexibility index (Phi) is 4.57. The van der Waals surface area contributed by atoms with Gasteiger partial charge in [-0.1, -0.05) is 30.3 Å². The van der Waals surface area contributed by atoms with Crippen LogP contribution in [0.15, 0.2) is 30.3 Å². The quantitative estimate of drug-likeness (QED) is 0.894. The van der Waals surface area contributed by atoms with Gasteiger partial charge in [-0.2, -0.15) is 0 Å². The lowest BCUT2D eigenvalue weighted by molar-refractivity contribution is -0.144. The van der Waals surface area contributed by atoms with E-state index in [-0.39, 0.29) is 13.2 Å². The summed E-state index contributed by atoms with van der Waals surface area (Å²) in [4.78, 5) is 26.2. The summed E-state index contributed by atoms with van der Waals surface area (Å²) in [5, 5.41) is 9.10. The Bertz CT molecular complexity index is 477. The maximum absolute atomic E-state index is 11.9. The largest absolute Gasteiger partial charge is 0.480 e. The van der Waals surface area contributed by atoms with E-state index in [4.69, 9.17) is 9.84 Å². The van der Waals surface area contributed by atoms with Crippen molar-refractivity contribution in [1.82, 2.24) is 9.80 Å². The van der Waals surface area contributed by atoms with Crippen molar-refractivity contribution in [3.05, 3.63) is 35.9 Å². The van der Waals surface area contributed by atoms with E-state index >= 15 is 0 Å². The second-order valence-electron chi connectivity index (χ2n) is 4.82. The summed E-state index contributed by atoms with van der Waals surface area (Å²) in [5.41, 5.74) is 0.907. The molecule has 2 rings (SSSR count). The number of carbonyl (C=O) groups is 2. The second kappa shape index (κ2) is 6.38. The van der Waals surface area contributed by atoms with Crippen LogP contribution in [0.2, 0.25) is 0 Å². The van der Waals surface area contributed by atoms with Crippen molar-refractivity contribution in [3.8, 4) is 0 Å². The fourth-order valence-electron chi connectivity index (χ4n) is 2.12. The van der Waals surface area contributed by atoms with E-state index in [1.54, 1.807) is 11.9 Å². The Balaban J connectivity index is 1.88. The third kappa shape index (κ3) is 3.48. The molecule has 1 aromatic carbocycles. The normalized spacial score (nSPS) is 19.6. The van der Waals surface area contributed by atoms with E-state index in [0.29, 0.717) is 13.1 Å². The Morgan fingerprint density at radius 3 is 2.65 bits per heavy atom. The number of hydrogen-bond acceptors (Lipinski definition) is 4. The molecule has 1 aliphatic heterocycles. The molecule has 1 heterocycles. The lowest BCUT2D eigenvalue weighted by atomic mass is 10.2. The molecule has 1 aromatic rings. The zero-order valence-corrected chi connectivity index (χ0v) is 11.4. The first-order chi connectivity index (χ1) is 9.58. The van der Waals surface area contributed by atoms with Crippen LogP contribution in [0.4, 0.5) is 4.79 Å². The average Bonchev–Trinajstić information content (AvgIpc) is 2.46. The van der Waals surface area contributed by atoms with Gasteiger partial charge in [-0.25, -0.2) is 4.79 Å². The van der Waals surface area contributed by atoms with Crippen molar-refractivity contribution < 1.29 is 19.4 Å². The van der Waals surface area contributed by atoms with Crippen LogP contribution in [0, 0.1) is 0 Å². The van der Waals surface area contributed by atoms with Crippen LogP contribution in [0.25, 0.3) is 0 Å². The number of piperazine rings is 1.